The summed E-state index contributed by atoms with van der Waals surface area (Å²) in [5, 5.41) is 8.50. The highest BCUT2D eigenvalue weighted by Gasteiger charge is 2.24. The summed E-state index contributed by atoms with van der Waals surface area (Å²) in [6, 6.07) is 0. The van der Waals surface area contributed by atoms with E-state index in [0.717, 1.165) is 19.5 Å². The molecule has 1 aliphatic heterocycles. The normalized spacial score (nSPS) is 28.8. The van der Waals surface area contributed by atoms with Gasteiger partial charge in [0.25, 0.3) is 0 Å². The number of carboxylic acids is 1. The van der Waals surface area contributed by atoms with Crippen molar-refractivity contribution in [1.82, 2.24) is 4.90 Å². The van der Waals surface area contributed by atoms with E-state index in [-0.39, 0.29) is 5.92 Å². The molecule has 0 aromatic carbocycles. The minimum Gasteiger partial charge on any atom is -0.481 e. The lowest BCUT2D eigenvalue weighted by atomic mass is 10.1. The SMILES string of the molecule is CN1CCC(C(=O)O)C1. The van der Waals surface area contributed by atoms with Crippen molar-refractivity contribution in [2.45, 2.75) is 6.42 Å². The summed E-state index contributed by atoms with van der Waals surface area (Å²) in [5.41, 5.74) is 0. The van der Waals surface area contributed by atoms with Crippen LogP contribution in [0.5, 0.6) is 0 Å². The number of nitrogens with zero attached hydrogens (tertiary/aromatic N) is 1. The fraction of sp³-hybridized carbons (Fsp3) is 0.833. The average Bonchev–Trinajstić information content (AvgIpc) is 2.14. The highest BCUT2D eigenvalue weighted by atomic mass is 16.4. The number of hydrogen-bond donors (Lipinski definition) is 1. The Hall–Kier alpha value is -0.570. The number of aliphatic carboxylic acids is 1. The zero-order valence-electron chi connectivity index (χ0n) is 5.50. The van der Waals surface area contributed by atoms with Crippen LogP contribution in [0.2, 0.25) is 0 Å². The van der Waals surface area contributed by atoms with Crippen molar-refractivity contribution in [2.75, 3.05) is 20.1 Å². The van der Waals surface area contributed by atoms with Gasteiger partial charge < -0.3 is 10.0 Å². The lowest BCUT2D eigenvalue weighted by Gasteiger charge is -2.04. The van der Waals surface area contributed by atoms with Crippen LogP contribution in [-0.2, 0) is 4.79 Å². The number of carboxylic acid groups (broad SMARTS) is 1. The van der Waals surface area contributed by atoms with E-state index in [1.54, 1.807) is 0 Å². The second-order valence-electron chi connectivity index (χ2n) is 2.59. The van der Waals surface area contributed by atoms with Crippen molar-refractivity contribution in [1.29, 1.82) is 0 Å². The van der Waals surface area contributed by atoms with Crippen molar-refractivity contribution in [3.63, 3.8) is 0 Å². The number of likely N-dealkylation sites (tertiary alicyclic amines) is 1. The Labute approximate surface area is 54.3 Å². The van der Waals surface area contributed by atoms with Crippen LogP contribution in [0.25, 0.3) is 0 Å². The van der Waals surface area contributed by atoms with Gasteiger partial charge in [-0.3, -0.25) is 4.79 Å². The second kappa shape index (κ2) is 2.35. The molecule has 1 unspecified atom stereocenters. The molecule has 0 aliphatic carbocycles. The lowest BCUT2D eigenvalue weighted by Crippen LogP contribution is -2.18. The predicted molar refractivity (Wildman–Crippen MR) is 33.2 cm³/mol. The summed E-state index contributed by atoms with van der Waals surface area (Å²) < 4.78 is 0. The maximum Gasteiger partial charge on any atom is 0.307 e. The van der Waals surface area contributed by atoms with E-state index in [9.17, 15) is 4.79 Å². The second-order valence-corrected chi connectivity index (χ2v) is 2.59. The Bertz CT molecular complexity index is 124. The van der Waals surface area contributed by atoms with E-state index in [1.165, 1.54) is 0 Å². The molecular formula is C6H11NO2. The summed E-state index contributed by atoms with van der Waals surface area (Å²) in [6.45, 7) is 1.65. The van der Waals surface area contributed by atoms with E-state index >= 15 is 0 Å². The molecule has 52 valence electrons. The molecule has 1 N–H and O–H groups in total. The van der Waals surface area contributed by atoms with Gasteiger partial charge in [-0.25, -0.2) is 0 Å². The van der Waals surface area contributed by atoms with E-state index in [0.29, 0.717) is 0 Å². The van der Waals surface area contributed by atoms with Gasteiger partial charge in [-0.2, -0.15) is 0 Å². The van der Waals surface area contributed by atoms with Crippen LogP contribution in [0.1, 0.15) is 6.42 Å². The molecule has 0 aromatic rings. The van der Waals surface area contributed by atoms with Crippen LogP contribution in [0, 0.1) is 5.92 Å². The predicted octanol–water partition coefficient (Wildman–Crippen LogP) is 0.0227. The molecule has 9 heavy (non-hydrogen) atoms. The number of rotatable bonds is 1. The molecule has 1 rings (SSSR count). The molecule has 0 bridgehead atoms. The smallest absolute Gasteiger partial charge is 0.307 e. The zero-order valence-corrected chi connectivity index (χ0v) is 5.50. The average molecular weight is 129 g/mol. The van der Waals surface area contributed by atoms with Gasteiger partial charge in [-0.15, -0.1) is 0 Å². The molecule has 0 amide bonds. The lowest BCUT2D eigenvalue weighted by molar-refractivity contribution is -0.141. The molecule has 1 fully saturated rings. The maximum absolute atomic E-state index is 10.3. The van der Waals surface area contributed by atoms with Crippen molar-refractivity contribution in [3.8, 4) is 0 Å². The Balaban J connectivity index is 2.39. The number of hydrogen-bond acceptors (Lipinski definition) is 2. The first-order valence-corrected chi connectivity index (χ1v) is 3.11. The van der Waals surface area contributed by atoms with Gasteiger partial charge in [-0.1, -0.05) is 0 Å². The third kappa shape index (κ3) is 1.42. The van der Waals surface area contributed by atoms with Crippen LogP contribution in [0.3, 0.4) is 0 Å². The van der Waals surface area contributed by atoms with Gasteiger partial charge in [0, 0.05) is 6.54 Å². The summed E-state index contributed by atoms with van der Waals surface area (Å²) >= 11 is 0. The summed E-state index contributed by atoms with van der Waals surface area (Å²) in [5.74, 6) is -0.769. The third-order valence-corrected chi connectivity index (χ3v) is 1.74. The maximum atomic E-state index is 10.3. The highest BCUT2D eigenvalue weighted by Crippen LogP contribution is 2.13. The van der Waals surface area contributed by atoms with Crippen molar-refractivity contribution < 1.29 is 9.90 Å². The van der Waals surface area contributed by atoms with Crippen LogP contribution in [0.15, 0.2) is 0 Å². The third-order valence-electron chi connectivity index (χ3n) is 1.74. The highest BCUT2D eigenvalue weighted by molar-refractivity contribution is 5.70. The molecule has 1 atom stereocenters. The van der Waals surface area contributed by atoms with Crippen LogP contribution in [0.4, 0.5) is 0 Å². The zero-order chi connectivity index (χ0) is 6.85. The quantitative estimate of drug-likeness (QED) is 0.542. The van der Waals surface area contributed by atoms with Crippen LogP contribution < -0.4 is 0 Å². The van der Waals surface area contributed by atoms with Gasteiger partial charge in [-0.05, 0) is 20.0 Å². The van der Waals surface area contributed by atoms with E-state index < -0.39 is 5.97 Å². The van der Waals surface area contributed by atoms with Gasteiger partial charge in [0.1, 0.15) is 0 Å². The molecule has 3 nitrogen and oxygen atoms in total. The molecule has 0 saturated carbocycles. The fourth-order valence-electron chi connectivity index (χ4n) is 1.14. The minimum absolute atomic E-state index is 0.116. The first kappa shape index (κ1) is 6.55. The Kier molecular flexibility index (Phi) is 1.71. The standard InChI is InChI=1S/C6H11NO2/c1-7-3-2-5(4-7)6(8)9/h5H,2-4H2,1H3,(H,8,9). The van der Waals surface area contributed by atoms with E-state index in [2.05, 4.69) is 0 Å². The first-order valence-electron chi connectivity index (χ1n) is 3.11. The van der Waals surface area contributed by atoms with Crippen molar-refractivity contribution in [3.05, 3.63) is 0 Å². The Morgan fingerprint density at radius 2 is 2.44 bits per heavy atom. The van der Waals surface area contributed by atoms with Gasteiger partial charge in [0.05, 0.1) is 5.92 Å². The fourth-order valence-corrected chi connectivity index (χ4v) is 1.14. The van der Waals surface area contributed by atoms with E-state index in [1.807, 2.05) is 11.9 Å². The topological polar surface area (TPSA) is 40.5 Å². The largest absolute Gasteiger partial charge is 0.481 e. The van der Waals surface area contributed by atoms with Gasteiger partial charge in [0.15, 0.2) is 0 Å². The Morgan fingerprint density at radius 1 is 1.78 bits per heavy atom. The number of carbonyl (C=O) groups is 1. The molecular weight excluding hydrogens is 118 g/mol. The summed E-state index contributed by atoms with van der Waals surface area (Å²) in [7, 11) is 1.95. The van der Waals surface area contributed by atoms with E-state index in [4.69, 9.17) is 5.11 Å². The van der Waals surface area contributed by atoms with Crippen molar-refractivity contribution >= 4 is 5.97 Å². The molecule has 1 aliphatic rings. The molecule has 0 radical (unpaired) electrons. The minimum atomic E-state index is -0.653. The van der Waals surface area contributed by atoms with Crippen LogP contribution in [-0.4, -0.2) is 36.1 Å². The molecule has 1 heterocycles. The summed E-state index contributed by atoms with van der Waals surface area (Å²) in [6.07, 6.45) is 0.811. The molecule has 0 aromatic heterocycles. The van der Waals surface area contributed by atoms with Gasteiger partial charge in [0.2, 0.25) is 0 Å². The molecule has 3 heteroatoms. The first-order chi connectivity index (χ1) is 4.20. The van der Waals surface area contributed by atoms with Gasteiger partial charge >= 0.3 is 5.97 Å². The molecule has 0 spiro atoms. The Morgan fingerprint density at radius 3 is 2.67 bits per heavy atom. The molecule has 1 saturated heterocycles. The monoisotopic (exact) mass is 129 g/mol. The van der Waals surface area contributed by atoms with Crippen molar-refractivity contribution in [2.24, 2.45) is 5.92 Å². The van der Waals surface area contributed by atoms with Crippen LogP contribution >= 0.6 is 0 Å². The summed E-state index contributed by atoms with van der Waals surface area (Å²) in [4.78, 5) is 12.4.